The van der Waals surface area contributed by atoms with Crippen molar-refractivity contribution < 1.29 is 29.1 Å². The van der Waals surface area contributed by atoms with E-state index >= 15 is 0 Å². The number of carboxylic acids is 1. The summed E-state index contributed by atoms with van der Waals surface area (Å²) >= 11 is 0. The van der Waals surface area contributed by atoms with Crippen LogP contribution < -0.4 is 27.0 Å². The van der Waals surface area contributed by atoms with Gasteiger partial charge in [0.25, 0.3) is 0 Å². The molecule has 29 heavy (non-hydrogen) atoms. The normalized spacial score (nSPS) is 19.1. The van der Waals surface area contributed by atoms with E-state index < -0.39 is 41.8 Å². The first-order chi connectivity index (χ1) is 13.5. The molecule has 1 aliphatic rings. The van der Waals surface area contributed by atoms with Gasteiger partial charge in [0.15, 0.2) is 0 Å². The molecule has 1 saturated heterocycles. The molecular weight excluding hydrogens is 382 g/mol. The van der Waals surface area contributed by atoms with E-state index in [0.29, 0.717) is 6.42 Å². The van der Waals surface area contributed by atoms with E-state index in [1.165, 1.54) is 6.92 Å². The second kappa shape index (κ2) is 11.3. The maximum atomic E-state index is 12.5. The fourth-order valence-corrected chi connectivity index (χ4v) is 2.91. The minimum atomic E-state index is -1.31. The van der Waals surface area contributed by atoms with Crippen LogP contribution in [0, 0.1) is 5.92 Å². The third-order valence-corrected chi connectivity index (χ3v) is 4.67. The topological polar surface area (TPSA) is 180 Å². The largest absolute Gasteiger partial charge is 0.480 e. The zero-order chi connectivity index (χ0) is 22.1. The summed E-state index contributed by atoms with van der Waals surface area (Å²) in [5.41, 5.74) is 5.02. The summed E-state index contributed by atoms with van der Waals surface area (Å²) in [5.74, 6) is -3.87. The van der Waals surface area contributed by atoms with E-state index in [1.807, 2.05) is 0 Å². The maximum absolute atomic E-state index is 12.5. The molecule has 7 N–H and O–H groups in total. The lowest BCUT2D eigenvalue weighted by molar-refractivity contribution is -0.143. The van der Waals surface area contributed by atoms with E-state index in [2.05, 4.69) is 21.3 Å². The summed E-state index contributed by atoms with van der Waals surface area (Å²) in [4.78, 5) is 59.3. The van der Waals surface area contributed by atoms with Crippen LogP contribution in [-0.4, -0.2) is 65.4 Å². The smallest absolute Gasteiger partial charge is 0.326 e. The van der Waals surface area contributed by atoms with Crippen LogP contribution in [-0.2, 0) is 24.0 Å². The molecule has 0 bridgehead atoms. The molecule has 1 aliphatic heterocycles. The van der Waals surface area contributed by atoms with E-state index in [4.69, 9.17) is 5.73 Å². The van der Waals surface area contributed by atoms with Crippen LogP contribution in [0.3, 0.4) is 0 Å². The minimum Gasteiger partial charge on any atom is -0.480 e. The van der Waals surface area contributed by atoms with Gasteiger partial charge in [-0.05, 0) is 38.6 Å². The number of carbonyl (C=O) groups is 5. The number of amides is 4. The number of hydrogen-bond donors (Lipinski definition) is 6. The van der Waals surface area contributed by atoms with Crippen molar-refractivity contribution >= 4 is 29.6 Å². The zero-order valence-electron chi connectivity index (χ0n) is 17.0. The lowest BCUT2D eigenvalue weighted by Crippen LogP contribution is -2.57. The number of carbonyl (C=O) groups excluding carboxylic acids is 4. The van der Waals surface area contributed by atoms with Gasteiger partial charge in [0.1, 0.15) is 18.1 Å². The summed E-state index contributed by atoms with van der Waals surface area (Å²) in [6, 6.07) is -3.53. The summed E-state index contributed by atoms with van der Waals surface area (Å²) in [6.07, 6.45) is 1.22. The quantitative estimate of drug-likeness (QED) is 0.231. The van der Waals surface area contributed by atoms with E-state index in [0.717, 1.165) is 13.0 Å². The molecule has 1 rings (SSSR count). The summed E-state index contributed by atoms with van der Waals surface area (Å²) < 4.78 is 0. The highest BCUT2D eigenvalue weighted by atomic mass is 16.4. The minimum absolute atomic E-state index is 0.157. The van der Waals surface area contributed by atoms with Gasteiger partial charge in [-0.1, -0.05) is 13.8 Å². The molecule has 0 saturated carbocycles. The Labute approximate surface area is 169 Å². The Morgan fingerprint density at radius 1 is 1.07 bits per heavy atom. The van der Waals surface area contributed by atoms with Gasteiger partial charge in [0, 0.05) is 6.42 Å². The molecule has 4 amide bonds. The molecule has 0 aromatic rings. The predicted molar refractivity (Wildman–Crippen MR) is 103 cm³/mol. The highest BCUT2D eigenvalue weighted by molar-refractivity contribution is 5.94. The average Bonchev–Trinajstić information content (AvgIpc) is 3.16. The molecule has 0 radical (unpaired) electrons. The second-order valence-corrected chi connectivity index (χ2v) is 7.51. The van der Waals surface area contributed by atoms with Gasteiger partial charge in [0.05, 0.1) is 6.04 Å². The molecule has 11 heteroatoms. The highest BCUT2D eigenvalue weighted by Crippen LogP contribution is 2.07. The zero-order valence-corrected chi connectivity index (χ0v) is 17.0. The summed E-state index contributed by atoms with van der Waals surface area (Å²) in [5, 5.41) is 19.7. The van der Waals surface area contributed by atoms with Crippen molar-refractivity contribution in [2.45, 2.75) is 70.6 Å². The number of primary amides is 1. The summed E-state index contributed by atoms with van der Waals surface area (Å²) in [7, 11) is 0. The SMILES string of the molecule is CC(NC(=O)C1CCCN1)C(=O)NC(C(=O)NC(CCC(N)=O)C(=O)O)C(C)C. The summed E-state index contributed by atoms with van der Waals surface area (Å²) in [6.45, 7) is 5.63. The third-order valence-electron chi connectivity index (χ3n) is 4.67. The predicted octanol–water partition coefficient (Wildman–Crippen LogP) is -1.78. The van der Waals surface area contributed by atoms with Gasteiger partial charge >= 0.3 is 5.97 Å². The lowest BCUT2D eigenvalue weighted by atomic mass is 10.0. The van der Waals surface area contributed by atoms with Crippen molar-refractivity contribution in [1.29, 1.82) is 0 Å². The molecule has 1 fully saturated rings. The van der Waals surface area contributed by atoms with Crippen LogP contribution in [0.2, 0.25) is 0 Å². The first-order valence-electron chi connectivity index (χ1n) is 9.68. The number of aliphatic carboxylic acids is 1. The van der Waals surface area contributed by atoms with Gasteiger partial charge in [-0.25, -0.2) is 4.79 Å². The highest BCUT2D eigenvalue weighted by Gasteiger charge is 2.31. The maximum Gasteiger partial charge on any atom is 0.326 e. The van der Waals surface area contributed by atoms with E-state index in [1.54, 1.807) is 13.8 Å². The Morgan fingerprint density at radius 2 is 1.72 bits per heavy atom. The van der Waals surface area contributed by atoms with Crippen LogP contribution >= 0.6 is 0 Å². The molecule has 1 heterocycles. The van der Waals surface area contributed by atoms with Crippen LogP contribution in [0.15, 0.2) is 0 Å². The van der Waals surface area contributed by atoms with E-state index in [-0.39, 0.29) is 30.7 Å². The molecule has 4 unspecified atom stereocenters. The molecule has 164 valence electrons. The van der Waals surface area contributed by atoms with E-state index in [9.17, 15) is 29.1 Å². The first kappa shape index (κ1) is 24.3. The van der Waals surface area contributed by atoms with Crippen molar-refractivity contribution in [2.24, 2.45) is 11.7 Å². The molecular formula is C18H31N5O6. The molecule has 0 aromatic heterocycles. The molecule has 0 aliphatic carbocycles. The Hall–Kier alpha value is -2.69. The van der Waals surface area contributed by atoms with Crippen LogP contribution in [0.5, 0.6) is 0 Å². The van der Waals surface area contributed by atoms with Crippen molar-refractivity contribution in [3.05, 3.63) is 0 Å². The standard InChI is InChI=1S/C18H31N5O6/c1-9(2)14(17(27)22-12(18(28)29)6-7-13(19)24)23-15(25)10(3)21-16(26)11-5-4-8-20-11/h9-12,14,20H,4-8H2,1-3H3,(H2,19,24)(H,21,26)(H,22,27)(H,23,25)(H,28,29). The number of carboxylic acid groups (broad SMARTS) is 1. The number of rotatable bonds is 11. The third kappa shape index (κ3) is 8.06. The molecule has 11 nitrogen and oxygen atoms in total. The average molecular weight is 413 g/mol. The Bertz CT molecular complexity index is 632. The number of nitrogens with two attached hydrogens (primary N) is 1. The van der Waals surface area contributed by atoms with Crippen molar-refractivity contribution in [3.63, 3.8) is 0 Å². The first-order valence-corrected chi connectivity index (χ1v) is 9.68. The fourth-order valence-electron chi connectivity index (χ4n) is 2.91. The van der Waals surface area contributed by atoms with Gasteiger partial charge in [0.2, 0.25) is 23.6 Å². The van der Waals surface area contributed by atoms with Crippen LogP contribution in [0.1, 0.15) is 46.5 Å². The Balaban J connectivity index is 2.68. The van der Waals surface area contributed by atoms with Gasteiger partial charge in [-0.2, -0.15) is 0 Å². The second-order valence-electron chi connectivity index (χ2n) is 7.51. The van der Waals surface area contributed by atoms with Gasteiger partial charge in [-0.15, -0.1) is 0 Å². The Kier molecular flexibility index (Phi) is 9.53. The van der Waals surface area contributed by atoms with Gasteiger partial charge in [-0.3, -0.25) is 19.2 Å². The van der Waals surface area contributed by atoms with Crippen molar-refractivity contribution in [1.82, 2.24) is 21.3 Å². The lowest BCUT2D eigenvalue weighted by Gasteiger charge is -2.26. The number of hydrogen-bond acceptors (Lipinski definition) is 6. The Morgan fingerprint density at radius 3 is 2.21 bits per heavy atom. The molecule has 0 spiro atoms. The fraction of sp³-hybridized carbons (Fsp3) is 0.722. The molecule has 4 atom stereocenters. The van der Waals surface area contributed by atoms with Crippen LogP contribution in [0.4, 0.5) is 0 Å². The number of nitrogens with one attached hydrogen (secondary N) is 4. The molecule has 0 aromatic carbocycles. The van der Waals surface area contributed by atoms with Crippen molar-refractivity contribution in [2.75, 3.05) is 6.54 Å². The monoisotopic (exact) mass is 413 g/mol. The van der Waals surface area contributed by atoms with Crippen molar-refractivity contribution in [3.8, 4) is 0 Å². The van der Waals surface area contributed by atoms with Crippen LogP contribution in [0.25, 0.3) is 0 Å². The van der Waals surface area contributed by atoms with Gasteiger partial charge < -0.3 is 32.1 Å².